The summed E-state index contributed by atoms with van der Waals surface area (Å²) in [6.45, 7) is 4.81. The van der Waals surface area contributed by atoms with Crippen molar-refractivity contribution in [1.82, 2.24) is 0 Å². The van der Waals surface area contributed by atoms with Crippen LogP contribution in [0, 0.1) is 0 Å². The first kappa shape index (κ1) is 39.4. The molecule has 314 valence electrons. The lowest BCUT2D eigenvalue weighted by atomic mass is 9.55. The first-order valence-electron chi connectivity index (χ1n) is 23.0. The van der Waals surface area contributed by atoms with E-state index in [1.54, 1.807) is 0 Å². The molecular weight excluding hydrogens is 797 g/mol. The molecule has 0 amide bonds. The fourth-order valence-corrected chi connectivity index (χ4v) is 11.1. The minimum Gasteiger partial charge on any atom is -0.310 e. The van der Waals surface area contributed by atoms with E-state index < -0.39 is 5.41 Å². The molecule has 12 rings (SSSR count). The van der Waals surface area contributed by atoms with E-state index in [4.69, 9.17) is 0 Å². The molecule has 2 heteroatoms. The van der Waals surface area contributed by atoms with E-state index in [0.29, 0.717) is 0 Å². The number of hydrogen-bond donors (Lipinski definition) is 0. The standard InChI is InChI=1S/C64H48N2/c1-63(2)56-30-17-18-31-58(56)64(60-44-53(42-43-57(60)63)65(49-24-11-5-12-25-49)51-38-34-47(35-39-51)45-20-7-3-8-21-45)55-29-16-15-28-54(55)62-59(64)32-19-33-61(62)66(50-26-13-6-14-27-50)52-40-36-48(37-41-52)46-22-9-4-10-23-46/h3-44H,1-2H3. The SMILES string of the molecule is CC1(C)c2ccccc2C2(c3ccccc3-c3c(N(c4ccccc4)c4ccc(-c5ccccc5)cc4)cccc32)c2cc(N(c3ccccc3)c3ccc(-c4ccccc4)cc3)ccc21. The number of anilines is 6. The Morgan fingerprint density at radius 1 is 0.273 bits per heavy atom. The maximum absolute atomic E-state index is 2.51. The van der Waals surface area contributed by atoms with Crippen LogP contribution in [0.1, 0.15) is 47.2 Å². The molecule has 0 fully saturated rings. The highest BCUT2D eigenvalue weighted by atomic mass is 15.1. The van der Waals surface area contributed by atoms with Crippen LogP contribution >= 0.6 is 0 Å². The second-order valence-corrected chi connectivity index (χ2v) is 18.1. The largest absolute Gasteiger partial charge is 0.310 e. The highest BCUT2D eigenvalue weighted by Crippen LogP contribution is 2.64. The third-order valence-corrected chi connectivity index (χ3v) is 14.1. The van der Waals surface area contributed by atoms with Crippen molar-refractivity contribution in [3.63, 3.8) is 0 Å². The van der Waals surface area contributed by atoms with Gasteiger partial charge in [-0.15, -0.1) is 0 Å². The van der Waals surface area contributed by atoms with Crippen LogP contribution in [0.5, 0.6) is 0 Å². The average Bonchev–Trinajstić information content (AvgIpc) is 3.69. The molecule has 2 aliphatic carbocycles. The van der Waals surface area contributed by atoms with Crippen LogP contribution in [0.2, 0.25) is 0 Å². The molecule has 2 aliphatic rings. The molecule has 10 aromatic rings. The normalized spacial score (nSPS) is 15.0. The van der Waals surface area contributed by atoms with Gasteiger partial charge in [-0.25, -0.2) is 0 Å². The summed E-state index contributed by atoms with van der Waals surface area (Å²) in [5.74, 6) is 0. The zero-order chi connectivity index (χ0) is 44.2. The molecule has 0 aliphatic heterocycles. The van der Waals surface area contributed by atoms with Crippen LogP contribution in [0.3, 0.4) is 0 Å². The Hall–Kier alpha value is -8.20. The maximum atomic E-state index is 2.51. The molecule has 0 N–H and O–H groups in total. The van der Waals surface area contributed by atoms with Gasteiger partial charge in [0.05, 0.1) is 11.1 Å². The summed E-state index contributed by atoms with van der Waals surface area (Å²) in [5, 5.41) is 0. The minimum atomic E-state index is -0.613. The van der Waals surface area contributed by atoms with E-state index >= 15 is 0 Å². The fraction of sp³-hybridized carbons (Fsp3) is 0.0625. The number of para-hydroxylation sites is 2. The van der Waals surface area contributed by atoms with Crippen molar-refractivity contribution in [3.8, 4) is 33.4 Å². The van der Waals surface area contributed by atoms with E-state index in [-0.39, 0.29) is 5.41 Å². The summed E-state index contributed by atoms with van der Waals surface area (Å²) in [6.07, 6.45) is 0. The number of hydrogen-bond acceptors (Lipinski definition) is 2. The fourth-order valence-electron chi connectivity index (χ4n) is 11.1. The Balaban J connectivity index is 1.10. The molecular formula is C64H48N2. The highest BCUT2D eigenvalue weighted by molar-refractivity contribution is 5.98. The van der Waals surface area contributed by atoms with Gasteiger partial charge >= 0.3 is 0 Å². The number of benzene rings is 10. The van der Waals surface area contributed by atoms with Crippen LogP contribution in [-0.2, 0) is 10.8 Å². The van der Waals surface area contributed by atoms with Crippen molar-refractivity contribution in [1.29, 1.82) is 0 Å². The van der Waals surface area contributed by atoms with Gasteiger partial charge in [0.2, 0.25) is 0 Å². The first-order valence-corrected chi connectivity index (χ1v) is 23.0. The van der Waals surface area contributed by atoms with Gasteiger partial charge < -0.3 is 9.80 Å². The molecule has 10 aromatic carbocycles. The Kier molecular flexibility index (Phi) is 9.43. The predicted molar refractivity (Wildman–Crippen MR) is 276 cm³/mol. The zero-order valence-corrected chi connectivity index (χ0v) is 37.1. The smallest absolute Gasteiger partial charge is 0.0721 e. The monoisotopic (exact) mass is 844 g/mol. The van der Waals surface area contributed by atoms with Crippen LogP contribution in [0.25, 0.3) is 33.4 Å². The van der Waals surface area contributed by atoms with Crippen molar-refractivity contribution in [2.24, 2.45) is 0 Å². The second kappa shape index (κ2) is 15.8. The number of nitrogens with zero attached hydrogens (tertiary/aromatic N) is 2. The third-order valence-electron chi connectivity index (χ3n) is 14.1. The summed E-state index contributed by atoms with van der Waals surface area (Å²) < 4.78 is 0. The van der Waals surface area contributed by atoms with E-state index in [0.717, 1.165) is 34.1 Å². The summed E-state index contributed by atoms with van der Waals surface area (Å²) in [5.41, 5.74) is 21.1. The van der Waals surface area contributed by atoms with Crippen molar-refractivity contribution in [2.75, 3.05) is 9.80 Å². The molecule has 0 bridgehead atoms. The summed E-state index contributed by atoms with van der Waals surface area (Å²) in [4.78, 5) is 4.88. The summed E-state index contributed by atoms with van der Waals surface area (Å²) in [6, 6.07) is 93.7. The highest BCUT2D eigenvalue weighted by Gasteiger charge is 2.54. The van der Waals surface area contributed by atoms with Gasteiger partial charge in [-0.1, -0.05) is 202 Å². The van der Waals surface area contributed by atoms with Gasteiger partial charge in [0.15, 0.2) is 0 Å². The molecule has 0 saturated heterocycles. The van der Waals surface area contributed by atoms with E-state index in [9.17, 15) is 0 Å². The Morgan fingerprint density at radius 2 is 0.682 bits per heavy atom. The molecule has 0 heterocycles. The lowest BCUT2D eigenvalue weighted by Crippen LogP contribution is -2.40. The number of rotatable bonds is 8. The summed E-state index contributed by atoms with van der Waals surface area (Å²) >= 11 is 0. The number of fused-ring (bicyclic) bond motifs is 9. The van der Waals surface area contributed by atoms with Crippen LogP contribution in [0.15, 0.2) is 255 Å². The molecule has 1 spiro atoms. The third kappa shape index (κ3) is 6.17. The van der Waals surface area contributed by atoms with Crippen molar-refractivity contribution < 1.29 is 0 Å². The molecule has 1 atom stereocenters. The van der Waals surface area contributed by atoms with Gasteiger partial charge in [-0.05, 0) is 128 Å². The van der Waals surface area contributed by atoms with E-state index in [2.05, 4.69) is 278 Å². The molecule has 0 aromatic heterocycles. The van der Waals surface area contributed by atoms with Gasteiger partial charge in [0.25, 0.3) is 0 Å². The molecule has 0 saturated carbocycles. The van der Waals surface area contributed by atoms with Crippen molar-refractivity contribution in [3.05, 3.63) is 288 Å². The van der Waals surface area contributed by atoms with E-state index in [1.807, 2.05) is 0 Å². The van der Waals surface area contributed by atoms with Crippen molar-refractivity contribution in [2.45, 2.75) is 24.7 Å². The maximum Gasteiger partial charge on any atom is 0.0721 e. The Morgan fingerprint density at radius 3 is 1.27 bits per heavy atom. The zero-order valence-electron chi connectivity index (χ0n) is 37.1. The topological polar surface area (TPSA) is 6.48 Å². The second-order valence-electron chi connectivity index (χ2n) is 18.1. The molecule has 0 radical (unpaired) electrons. The average molecular weight is 845 g/mol. The van der Waals surface area contributed by atoms with Gasteiger partial charge in [-0.2, -0.15) is 0 Å². The Bertz CT molecular complexity index is 3360. The van der Waals surface area contributed by atoms with Gasteiger partial charge in [0.1, 0.15) is 0 Å². The van der Waals surface area contributed by atoms with Crippen LogP contribution < -0.4 is 9.80 Å². The molecule has 1 unspecified atom stereocenters. The van der Waals surface area contributed by atoms with E-state index in [1.165, 1.54) is 66.8 Å². The lowest BCUT2D eigenvalue weighted by molar-refractivity contribution is 0.563. The van der Waals surface area contributed by atoms with Gasteiger partial charge in [0, 0.05) is 39.4 Å². The molecule has 2 nitrogen and oxygen atoms in total. The lowest BCUT2D eigenvalue weighted by Gasteiger charge is -2.47. The van der Waals surface area contributed by atoms with Crippen LogP contribution in [0.4, 0.5) is 34.1 Å². The summed E-state index contributed by atoms with van der Waals surface area (Å²) in [7, 11) is 0. The van der Waals surface area contributed by atoms with Crippen molar-refractivity contribution >= 4 is 34.1 Å². The quantitative estimate of drug-likeness (QED) is 0.150. The Labute approximate surface area is 388 Å². The van der Waals surface area contributed by atoms with Gasteiger partial charge in [-0.3, -0.25) is 0 Å². The minimum absolute atomic E-state index is 0.267. The first-order chi connectivity index (χ1) is 32.5. The predicted octanol–water partition coefficient (Wildman–Crippen LogP) is 17.0. The molecule has 66 heavy (non-hydrogen) atoms. The van der Waals surface area contributed by atoms with Crippen LogP contribution in [-0.4, -0.2) is 0 Å².